The number of carbonyl (C=O) groups excluding carboxylic acids is 1. The van der Waals surface area contributed by atoms with Crippen molar-refractivity contribution >= 4 is 22.4 Å². The summed E-state index contributed by atoms with van der Waals surface area (Å²) in [5.41, 5.74) is 0.410. The normalized spacial score (nSPS) is 16.5. The Balaban J connectivity index is 4.89. The van der Waals surface area contributed by atoms with E-state index in [0.29, 0.717) is 18.8 Å². The lowest BCUT2D eigenvalue weighted by atomic mass is 10.0. The zero-order chi connectivity index (χ0) is 24.3. The maximum Gasteiger partial charge on any atom is 0.333 e. The first kappa shape index (κ1) is 30.5. The van der Waals surface area contributed by atoms with Gasteiger partial charge in [0.1, 0.15) is 6.61 Å². The Kier molecular flexibility index (Phi) is 13.1. The molecule has 0 fully saturated rings. The number of aliphatic hydroxyl groups is 1. The van der Waals surface area contributed by atoms with Crippen molar-refractivity contribution < 1.29 is 23.8 Å². The monoisotopic (exact) mass is 474 g/mol. The van der Waals surface area contributed by atoms with Crippen molar-refractivity contribution in [2.45, 2.75) is 109 Å². The van der Waals surface area contributed by atoms with Crippen LogP contribution in [0.3, 0.4) is 0 Å². The Bertz CT molecular complexity index is 564. The molecule has 0 aliphatic carbocycles. The molecule has 0 saturated carbocycles. The third-order valence-electron chi connectivity index (χ3n) is 7.61. The molecule has 0 heterocycles. The molecule has 2 atom stereocenters. The van der Waals surface area contributed by atoms with E-state index in [1.807, 2.05) is 0 Å². The maximum atomic E-state index is 11.4. The molecule has 1 N–H and O–H groups in total. The fourth-order valence-electron chi connectivity index (χ4n) is 4.05. The highest BCUT2D eigenvalue weighted by molar-refractivity contribution is 6.82. The highest BCUT2D eigenvalue weighted by Crippen LogP contribution is 2.49. The summed E-state index contributed by atoms with van der Waals surface area (Å²) in [5, 5.41) is 9.41. The minimum Gasteiger partial charge on any atom is -0.460 e. The first-order chi connectivity index (χ1) is 14.2. The van der Waals surface area contributed by atoms with E-state index in [2.05, 4.69) is 60.5 Å². The van der Waals surface area contributed by atoms with E-state index < -0.39 is 16.4 Å². The molecular formula is C24H50O5Si2. The van der Waals surface area contributed by atoms with Crippen LogP contribution >= 0.6 is 0 Å². The summed E-state index contributed by atoms with van der Waals surface area (Å²) in [6.45, 7) is 25.6. The lowest BCUT2D eigenvalue weighted by Crippen LogP contribution is -2.60. The third-order valence-corrected chi connectivity index (χ3v) is 17.2. The van der Waals surface area contributed by atoms with Gasteiger partial charge in [-0.2, -0.15) is 0 Å². The van der Waals surface area contributed by atoms with Crippen molar-refractivity contribution in [2.75, 3.05) is 26.4 Å². The molecule has 0 aromatic carbocycles. The number of carbonyl (C=O) groups is 1. The van der Waals surface area contributed by atoms with Crippen molar-refractivity contribution in [2.24, 2.45) is 0 Å². The van der Waals surface area contributed by atoms with Gasteiger partial charge in [0.25, 0.3) is 0 Å². The molecule has 0 aromatic heterocycles. The van der Waals surface area contributed by atoms with Gasteiger partial charge in [-0.05, 0) is 57.7 Å². The second-order valence-corrected chi connectivity index (χ2v) is 20.2. The van der Waals surface area contributed by atoms with Crippen LogP contribution in [0.5, 0.6) is 0 Å². The molecule has 0 amide bonds. The number of rotatable bonds is 17. The van der Waals surface area contributed by atoms with E-state index in [9.17, 15) is 9.90 Å². The molecule has 0 rings (SSSR count). The quantitative estimate of drug-likeness (QED) is 0.119. The predicted octanol–water partition coefficient (Wildman–Crippen LogP) is 6.09. The van der Waals surface area contributed by atoms with Crippen LogP contribution in [0.25, 0.3) is 0 Å². The van der Waals surface area contributed by atoms with Crippen LogP contribution in [-0.2, 0) is 18.7 Å². The van der Waals surface area contributed by atoms with E-state index in [1.165, 1.54) is 0 Å². The van der Waals surface area contributed by atoms with Gasteiger partial charge in [-0.15, -0.1) is 0 Å². The van der Waals surface area contributed by atoms with Gasteiger partial charge < -0.3 is 19.0 Å². The van der Waals surface area contributed by atoms with Crippen LogP contribution in [0.15, 0.2) is 12.2 Å². The molecule has 184 valence electrons. The first-order valence-electron chi connectivity index (χ1n) is 11.9. The molecule has 0 spiro atoms. The number of hydrogen-bond donors (Lipinski definition) is 1. The fourth-order valence-corrected chi connectivity index (χ4v) is 11.6. The van der Waals surface area contributed by atoms with Gasteiger partial charge in [-0.3, -0.25) is 0 Å². The van der Waals surface area contributed by atoms with Gasteiger partial charge in [-0.1, -0.05) is 52.9 Å². The molecule has 0 aliphatic rings. The molecule has 0 bridgehead atoms. The number of aliphatic hydroxyl groups excluding tert-OH is 1. The first-order valence-corrected chi connectivity index (χ1v) is 18.0. The molecule has 2 unspecified atom stereocenters. The standard InChI is InChI=1S/C24H50O5Si2/c1-11-23(5,15-13-17-27-18-19-28-22(26)21(3)4)31(9,10)29-24(6,12-2)30(7,8)20-14-16-25/h25H,3,11-20H2,1-2,4-10H3. The van der Waals surface area contributed by atoms with Crippen molar-refractivity contribution in [3.63, 3.8) is 0 Å². The molecule has 7 heteroatoms. The number of hydrogen-bond acceptors (Lipinski definition) is 5. The Hall–Kier alpha value is -0.476. The highest BCUT2D eigenvalue weighted by Gasteiger charge is 2.51. The van der Waals surface area contributed by atoms with E-state index >= 15 is 0 Å². The average molecular weight is 475 g/mol. The van der Waals surface area contributed by atoms with E-state index in [-0.39, 0.29) is 29.4 Å². The average Bonchev–Trinajstić information content (AvgIpc) is 2.70. The van der Waals surface area contributed by atoms with E-state index in [1.54, 1.807) is 6.92 Å². The van der Waals surface area contributed by atoms with Gasteiger partial charge in [0, 0.05) is 24.0 Å². The summed E-state index contributed by atoms with van der Waals surface area (Å²) in [4.78, 5) is 11.4. The molecule has 5 nitrogen and oxygen atoms in total. The van der Waals surface area contributed by atoms with Gasteiger partial charge in [-0.25, -0.2) is 4.79 Å². The molecule has 0 aromatic rings. The maximum absolute atomic E-state index is 11.4. The summed E-state index contributed by atoms with van der Waals surface area (Å²) < 4.78 is 17.9. The summed E-state index contributed by atoms with van der Waals surface area (Å²) in [5.74, 6) is -0.364. The highest BCUT2D eigenvalue weighted by atomic mass is 28.4. The predicted molar refractivity (Wildman–Crippen MR) is 136 cm³/mol. The Morgan fingerprint density at radius 1 is 1.00 bits per heavy atom. The van der Waals surface area contributed by atoms with Crippen molar-refractivity contribution in [3.8, 4) is 0 Å². The zero-order valence-corrected chi connectivity index (χ0v) is 23.9. The number of ether oxygens (including phenoxy) is 2. The summed E-state index contributed by atoms with van der Waals surface area (Å²) in [7, 11) is -3.70. The Labute approximate surface area is 194 Å². The van der Waals surface area contributed by atoms with Crippen LogP contribution < -0.4 is 0 Å². The lowest BCUT2D eigenvalue weighted by Gasteiger charge is -2.52. The van der Waals surface area contributed by atoms with Crippen molar-refractivity contribution in [1.82, 2.24) is 0 Å². The van der Waals surface area contributed by atoms with E-state index in [4.69, 9.17) is 13.9 Å². The second kappa shape index (κ2) is 13.3. The van der Waals surface area contributed by atoms with Crippen LogP contribution in [0.2, 0.25) is 37.3 Å². The summed E-state index contributed by atoms with van der Waals surface area (Å²) in [6, 6.07) is 1.09. The Morgan fingerprint density at radius 3 is 2.10 bits per heavy atom. The van der Waals surface area contributed by atoms with Gasteiger partial charge in [0.15, 0.2) is 8.32 Å². The van der Waals surface area contributed by atoms with Crippen LogP contribution in [0, 0.1) is 0 Å². The zero-order valence-electron chi connectivity index (χ0n) is 21.9. The topological polar surface area (TPSA) is 65.0 Å². The second-order valence-electron chi connectivity index (χ2n) is 10.5. The SMILES string of the molecule is C=C(C)C(=O)OCCOCCCC(C)(CC)[Si](C)(C)OC(C)(CC)[Si](C)(C)CCCO. The molecule has 0 aliphatic heterocycles. The summed E-state index contributed by atoms with van der Waals surface area (Å²) in [6.07, 6.45) is 4.99. The fraction of sp³-hybridized carbons (Fsp3) is 0.875. The minimum atomic E-state index is -2.03. The number of esters is 1. The molecule has 0 radical (unpaired) electrons. The molecular weight excluding hydrogens is 424 g/mol. The van der Waals surface area contributed by atoms with E-state index in [0.717, 1.165) is 38.1 Å². The van der Waals surface area contributed by atoms with Crippen LogP contribution in [0.1, 0.15) is 66.7 Å². The van der Waals surface area contributed by atoms with Crippen LogP contribution in [0.4, 0.5) is 0 Å². The smallest absolute Gasteiger partial charge is 0.333 e. The Morgan fingerprint density at radius 2 is 1.61 bits per heavy atom. The third kappa shape index (κ3) is 9.12. The molecule has 31 heavy (non-hydrogen) atoms. The van der Waals surface area contributed by atoms with Crippen molar-refractivity contribution in [3.05, 3.63) is 12.2 Å². The minimum absolute atomic E-state index is 0.0853. The van der Waals surface area contributed by atoms with Gasteiger partial charge in [0.2, 0.25) is 0 Å². The van der Waals surface area contributed by atoms with Gasteiger partial charge in [0.05, 0.1) is 14.7 Å². The van der Waals surface area contributed by atoms with Crippen LogP contribution in [-0.4, -0.2) is 59.1 Å². The molecule has 0 saturated heterocycles. The van der Waals surface area contributed by atoms with Gasteiger partial charge >= 0.3 is 5.97 Å². The van der Waals surface area contributed by atoms with Crippen molar-refractivity contribution in [1.29, 1.82) is 0 Å². The largest absolute Gasteiger partial charge is 0.460 e. The summed E-state index contributed by atoms with van der Waals surface area (Å²) >= 11 is 0. The lowest BCUT2D eigenvalue weighted by molar-refractivity contribution is -0.140.